The van der Waals surface area contributed by atoms with Gasteiger partial charge in [0.15, 0.2) is 5.88 Å². The van der Waals surface area contributed by atoms with Gasteiger partial charge in [-0.25, -0.2) is 4.99 Å². The molecular formula is C33H31ClN4O2. The minimum Gasteiger partial charge on any atom is -0.494 e. The van der Waals surface area contributed by atoms with Crippen molar-refractivity contribution >= 4 is 45.5 Å². The molecule has 202 valence electrons. The summed E-state index contributed by atoms with van der Waals surface area (Å²) in [5.74, 6) is 0.00692. The average Bonchev–Trinajstić information content (AvgIpc) is 3.29. The third-order valence-electron chi connectivity index (χ3n) is 6.75. The standard InChI is InChI=1S/C33H31ClN4O2/c1-23(39)38(21-20-35-19-18-24-8-4-2-5-9-24)28-15-13-27(14-16-28)36-32(25-10-6-3-7-11-25)31-29-17-12-26(34)22-30(29)37-33(31)40/h2-17,22,35,37,40H,18-21H2,1H3. The fraction of sp³-hybridized carbons (Fsp3) is 0.152. The molecule has 0 saturated carbocycles. The summed E-state index contributed by atoms with van der Waals surface area (Å²) in [6.45, 7) is 3.68. The van der Waals surface area contributed by atoms with Crippen molar-refractivity contribution in [3.8, 4) is 5.88 Å². The molecule has 7 heteroatoms. The number of benzene rings is 4. The van der Waals surface area contributed by atoms with Crippen molar-refractivity contribution in [1.82, 2.24) is 10.3 Å². The molecule has 5 rings (SSSR count). The summed E-state index contributed by atoms with van der Waals surface area (Å²) in [6, 6.07) is 33.1. The number of aliphatic imine (C=N–C) groups is 1. The van der Waals surface area contributed by atoms with Gasteiger partial charge in [-0.1, -0.05) is 78.3 Å². The van der Waals surface area contributed by atoms with Gasteiger partial charge < -0.3 is 20.3 Å². The van der Waals surface area contributed by atoms with E-state index in [0.717, 1.165) is 35.1 Å². The van der Waals surface area contributed by atoms with E-state index in [1.54, 1.807) is 24.0 Å². The van der Waals surface area contributed by atoms with Crippen LogP contribution in [-0.4, -0.2) is 41.3 Å². The number of aromatic nitrogens is 1. The molecule has 40 heavy (non-hydrogen) atoms. The maximum Gasteiger partial charge on any atom is 0.223 e. The second kappa shape index (κ2) is 12.6. The van der Waals surface area contributed by atoms with Gasteiger partial charge in [0.25, 0.3) is 0 Å². The summed E-state index contributed by atoms with van der Waals surface area (Å²) < 4.78 is 0. The molecular weight excluding hydrogens is 520 g/mol. The number of carbonyl (C=O) groups is 1. The number of halogens is 1. The lowest BCUT2D eigenvalue weighted by molar-refractivity contribution is -0.116. The third kappa shape index (κ3) is 6.42. The zero-order valence-corrected chi connectivity index (χ0v) is 23.0. The van der Waals surface area contributed by atoms with Crippen molar-refractivity contribution in [3.63, 3.8) is 0 Å². The number of amides is 1. The van der Waals surface area contributed by atoms with Gasteiger partial charge in [0.05, 0.1) is 22.5 Å². The molecule has 0 aliphatic carbocycles. The zero-order valence-electron chi connectivity index (χ0n) is 22.3. The van der Waals surface area contributed by atoms with Crippen LogP contribution in [0.25, 0.3) is 10.9 Å². The lowest BCUT2D eigenvalue weighted by Gasteiger charge is -2.21. The highest BCUT2D eigenvalue weighted by molar-refractivity contribution is 6.31. The lowest BCUT2D eigenvalue weighted by atomic mass is 10.0. The van der Waals surface area contributed by atoms with Crippen LogP contribution in [0.1, 0.15) is 23.6 Å². The van der Waals surface area contributed by atoms with E-state index in [-0.39, 0.29) is 11.8 Å². The number of rotatable bonds is 10. The van der Waals surface area contributed by atoms with E-state index < -0.39 is 0 Å². The molecule has 3 N–H and O–H groups in total. The van der Waals surface area contributed by atoms with Crippen LogP contribution in [0.3, 0.4) is 0 Å². The predicted octanol–water partition coefficient (Wildman–Crippen LogP) is 6.88. The zero-order chi connectivity index (χ0) is 27.9. The van der Waals surface area contributed by atoms with Crippen LogP contribution in [-0.2, 0) is 11.2 Å². The van der Waals surface area contributed by atoms with Crippen molar-refractivity contribution in [1.29, 1.82) is 0 Å². The molecule has 1 amide bonds. The van der Waals surface area contributed by atoms with Gasteiger partial charge in [0.1, 0.15) is 0 Å². The maximum atomic E-state index is 12.4. The molecule has 0 aliphatic rings. The van der Waals surface area contributed by atoms with E-state index in [1.807, 2.05) is 78.9 Å². The number of carbonyl (C=O) groups excluding carboxylic acids is 1. The minimum absolute atomic E-state index is 0.0199. The van der Waals surface area contributed by atoms with Crippen LogP contribution in [0.5, 0.6) is 5.88 Å². The molecule has 0 radical (unpaired) electrons. The number of nitrogens with zero attached hydrogens (tertiary/aromatic N) is 2. The second-order valence-electron chi connectivity index (χ2n) is 9.54. The number of H-pyrrole nitrogens is 1. The Morgan fingerprint density at radius 3 is 2.33 bits per heavy atom. The summed E-state index contributed by atoms with van der Waals surface area (Å²) in [6.07, 6.45) is 0.941. The molecule has 0 aliphatic heterocycles. The first-order chi connectivity index (χ1) is 19.5. The van der Waals surface area contributed by atoms with Gasteiger partial charge in [-0.15, -0.1) is 0 Å². The van der Waals surface area contributed by atoms with Gasteiger partial charge in [0.2, 0.25) is 5.91 Å². The highest BCUT2D eigenvalue weighted by atomic mass is 35.5. The molecule has 0 fully saturated rings. The van der Waals surface area contributed by atoms with E-state index in [9.17, 15) is 9.90 Å². The van der Waals surface area contributed by atoms with Gasteiger partial charge in [-0.05, 0) is 54.9 Å². The topological polar surface area (TPSA) is 80.7 Å². The Morgan fingerprint density at radius 1 is 0.925 bits per heavy atom. The Labute approximate surface area is 239 Å². The summed E-state index contributed by atoms with van der Waals surface area (Å²) in [5.41, 5.74) is 5.63. The summed E-state index contributed by atoms with van der Waals surface area (Å²) in [4.78, 5) is 22.2. The van der Waals surface area contributed by atoms with Gasteiger partial charge in [0, 0.05) is 41.7 Å². The largest absolute Gasteiger partial charge is 0.494 e. The Balaban J connectivity index is 1.36. The lowest BCUT2D eigenvalue weighted by Crippen LogP contribution is -2.36. The third-order valence-corrected chi connectivity index (χ3v) is 6.99. The van der Waals surface area contributed by atoms with E-state index in [1.165, 1.54) is 5.56 Å². The molecule has 5 aromatic rings. The van der Waals surface area contributed by atoms with Crippen LogP contribution < -0.4 is 10.2 Å². The van der Waals surface area contributed by atoms with Crippen molar-refractivity contribution in [2.24, 2.45) is 4.99 Å². The number of hydrogen-bond donors (Lipinski definition) is 3. The van der Waals surface area contributed by atoms with E-state index >= 15 is 0 Å². The first-order valence-electron chi connectivity index (χ1n) is 13.3. The molecule has 6 nitrogen and oxygen atoms in total. The molecule has 1 aromatic heterocycles. The van der Waals surface area contributed by atoms with Gasteiger partial charge in [-0.3, -0.25) is 4.79 Å². The number of fused-ring (bicyclic) bond motifs is 1. The normalized spacial score (nSPS) is 11.6. The number of anilines is 1. The van der Waals surface area contributed by atoms with E-state index in [0.29, 0.717) is 35.1 Å². The van der Waals surface area contributed by atoms with Crippen LogP contribution in [0.15, 0.2) is 108 Å². The van der Waals surface area contributed by atoms with Crippen molar-refractivity contribution in [2.45, 2.75) is 13.3 Å². The molecule has 0 spiro atoms. The Morgan fingerprint density at radius 2 is 1.62 bits per heavy atom. The molecule has 0 unspecified atom stereocenters. The Hall–Kier alpha value is -4.39. The first kappa shape index (κ1) is 27.2. The highest BCUT2D eigenvalue weighted by Crippen LogP contribution is 2.33. The SMILES string of the molecule is CC(=O)N(CCNCCc1ccccc1)c1ccc(N=C(c2ccccc2)c2c(O)[nH]c3cc(Cl)ccc23)cc1. The Kier molecular flexibility index (Phi) is 8.59. The van der Waals surface area contributed by atoms with Crippen molar-refractivity contribution in [2.75, 3.05) is 24.5 Å². The van der Waals surface area contributed by atoms with Crippen LogP contribution in [0.4, 0.5) is 11.4 Å². The number of aromatic hydroxyl groups is 1. The maximum absolute atomic E-state index is 12.4. The molecule has 0 atom stereocenters. The van der Waals surface area contributed by atoms with Gasteiger partial charge >= 0.3 is 0 Å². The smallest absolute Gasteiger partial charge is 0.223 e. The van der Waals surface area contributed by atoms with Crippen LogP contribution >= 0.6 is 11.6 Å². The average molecular weight is 551 g/mol. The summed E-state index contributed by atoms with van der Waals surface area (Å²) >= 11 is 6.18. The molecule has 0 bridgehead atoms. The first-order valence-corrected chi connectivity index (χ1v) is 13.6. The number of aromatic amines is 1. The molecule has 0 saturated heterocycles. The minimum atomic E-state index is -0.0199. The van der Waals surface area contributed by atoms with Crippen LogP contribution in [0, 0.1) is 0 Å². The Bertz CT molecular complexity index is 1610. The van der Waals surface area contributed by atoms with Crippen molar-refractivity contribution in [3.05, 3.63) is 125 Å². The summed E-state index contributed by atoms with van der Waals surface area (Å²) in [5, 5.41) is 15.7. The molecule has 4 aromatic carbocycles. The number of nitrogens with one attached hydrogen (secondary N) is 2. The monoisotopic (exact) mass is 550 g/mol. The van der Waals surface area contributed by atoms with Crippen molar-refractivity contribution < 1.29 is 9.90 Å². The van der Waals surface area contributed by atoms with E-state index in [2.05, 4.69) is 22.4 Å². The fourth-order valence-corrected chi connectivity index (χ4v) is 4.93. The second-order valence-corrected chi connectivity index (χ2v) is 9.97. The van der Waals surface area contributed by atoms with Crippen LogP contribution in [0.2, 0.25) is 5.02 Å². The van der Waals surface area contributed by atoms with Gasteiger partial charge in [-0.2, -0.15) is 0 Å². The predicted molar refractivity (Wildman–Crippen MR) is 164 cm³/mol. The number of hydrogen-bond acceptors (Lipinski definition) is 4. The highest BCUT2D eigenvalue weighted by Gasteiger charge is 2.19. The quantitative estimate of drug-likeness (QED) is 0.131. The fourth-order valence-electron chi connectivity index (χ4n) is 4.75. The summed E-state index contributed by atoms with van der Waals surface area (Å²) in [7, 11) is 0. The molecule has 1 heterocycles. The van der Waals surface area contributed by atoms with E-state index in [4.69, 9.17) is 16.6 Å².